The van der Waals surface area contributed by atoms with Crippen molar-refractivity contribution in [1.29, 1.82) is 0 Å². The highest BCUT2D eigenvalue weighted by atomic mass is 32.1. The second-order valence-corrected chi connectivity index (χ2v) is 6.46. The molecule has 1 aromatic heterocycles. The Hall–Kier alpha value is -1.76. The number of carbonyl (C=O) groups excluding carboxylic acids is 1. The lowest BCUT2D eigenvalue weighted by Gasteiger charge is -2.21. The Morgan fingerprint density at radius 1 is 1.41 bits per heavy atom. The molecule has 1 N–H and O–H groups in total. The lowest BCUT2D eigenvalue weighted by Crippen LogP contribution is -2.37. The molecule has 1 aromatic carbocycles. The molecule has 0 unspecified atom stereocenters. The van der Waals surface area contributed by atoms with Crippen LogP contribution in [0.3, 0.4) is 0 Å². The number of thiazole rings is 1. The van der Waals surface area contributed by atoms with Crippen molar-refractivity contribution in [2.45, 2.75) is 13.0 Å². The first-order chi connectivity index (χ1) is 10.6. The van der Waals surface area contributed by atoms with Crippen LogP contribution in [0.25, 0.3) is 11.3 Å². The average Bonchev–Trinajstić information content (AvgIpc) is 2.78. The van der Waals surface area contributed by atoms with Gasteiger partial charge in [-0.2, -0.15) is 0 Å². The van der Waals surface area contributed by atoms with Gasteiger partial charge in [-0.3, -0.25) is 4.79 Å². The highest BCUT2D eigenvalue weighted by molar-refractivity contribution is 7.14. The smallest absolute Gasteiger partial charge is 0.266 e. The molecule has 2 aromatic rings. The van der Waals surface area contributed by atoms with E-state index in [9.17, 15) is 9.90 Å². The fourth-order valence-electron chi connectivity index (χ4n) is 2.48. The highest BCUT2D eigenvalue weighted by Crippen LogP contribution is 2.29. The Labute approximate surface area is 133 Å². The summed E-state index contributed by atoms with van der Waals surface area (Å²) >= 11 is 1.39. The summed E-state index contributed by atoms with van der Waals surface area (Å²) in [6.45, 7) is 3.40. The molecule has 0 aliphatic carbocycles. The molecule has 1 atom stereocenters. The SMILES string of the molecule is Cc1nc(-c2ccccc2)c(C(=O)N2CCOC[C@H](O)C2)s1. The van der Waals surface area contributed by atoms with Crippen molar-refractivity contribution in [2.75, 3.05) is 26.3 Å². The third-order valence-corrected chi connectivity index (χ3v) is 4.47. The topological polar surface area (TPSA) is 62.7 Å². The summed E-state index contributed by atoms with van der Waals surface area (Å²) in [5.41, 5.74) is 1.65. The van der Waals surface area contributed by atoms with Gasteiger partial charge in [-0.1, -0.05) is 30.3 Å². The number of aliphatic hydroxyl groups is 1. The minimum atomic E-state index is -0.638. The quantitative estimate of drug-likeness (QED) is 0.919. The molecule has 5 nitrogen and oxygen atoms in total. The monoisotopic (exact) mass is 318 g/mol. The maximum atomic E-state index is 12.8. The van der Waals surface area contributed by atoms with E-state index in [1.54, 1.807) is 4.90 Å². The highest BCUT2D eigenvalue weighted by Gasteiger charge is 2.26. The van der Waals surface area contributed by atoms with E-state index in [2.05, 4.69) is 4.98 Å². The van der Waals surface area contributed by atoms with Gasteiger partial charge < -0.3 is 14.7 Å². The van der Waals surface area contributed by atoms with Crippen LogP contribution in [0.2, 0.25) is 0 Å². The van der Waals surface area contributed by atoms with Crippen LogP contribution < -0.4 is 0 Å². The second-order valence-electron chi connectivity index (χ2n) is 5.26. The summed E-state index contributed by atoms with van der Waals surface area (Å²) in [6, 6.07) is 9.70. The number of aliphatic hydroxyl groups excluding tert-OH is 1. The van der Waals surface area contributed by atoms with Gasteiger partial charge >= 0.3 is 0 Å². The van der Waals surface area contributed by atoms with Crippen LogP contribution in [0.15, 0.2) is 30.3 Å². The molecular weight excluding hydrogens is 300 g/mol. The first-order valence-corrected chi connectivity index (χ1v) is 8.04. The minimum absolute atomic E-state index is 0.0889. The van der Waals surface area contributed by atoms with Crippen LogP contribution >= 0.6 is 11.3 Å². The van der Waals surface area contributed by atoms with E-state index < -0.39 is 6.10 Å². The number of β-amino-alcohol motifs (C(OH)–C–C–N with tert-alkyl or cyclic N) is 1. The Morgan fingerprint density at radius 3 is 2.95 bits per heavy atom. The van der Waals surface area contributed by atoms with Crippen LogP contribution in [0.1, 0.15) is 14.7 Å². The van der Waals surface area contributed by atoms with Crippen LogP contribution in [0.5, 0.6) is 0 Å². The average molecular weight is 318 g/mol. The molecule has 0 spiro atoms. The van der Waals surface area contributed by atoms with Gasteiger partial charge in [0.1, 0.15) is 4.88 Å². The number of nitrogens with zero attached hydrogens (tertiary/aromatic N) is 2. The van der Waals surface area contributed by atoms with Crippen LogP contribution in [0.4, 0.5) is 0 Å². The summed E-state index contributed by atoms with van der Waals surface area (Å²) < 4.78 is 5.29. The second kappa shape index (κ2) is 6.56. The normalized spacial score (nSPS) is 19.0. The summed E-state index contributed by atoms with van der Waals surface area (Å²) in [4.78, 5) is 19.6. The lowest BCUT2D eigenvalue weighted by molar-refractivity contribution is 0.0535. The third-order valence-electron chi connectivity index (χ3n) is 3.51. The van der Waals surface area contributed by atoms with Gasteiger partial charge in [0, 0.05) is 18.7 Å². The van der Waals surface area contributed by atoms with E-state index in [-0.39, 0.29) is 12.5 Å². The van der Waals surface area contributed by atoms with E-state index in [0.717, 1.165) is 10.6 Å². The van der Waals surface area contributed by atoms with E-state index >= 15 is 0 Å². The van der Waals surface area contributed by atoms with Crippen molar-refractivity contribution in [3.63, 3.8) is 0 Å². The molecule has 22 heavy (non-hydrogen) atoms. The van der Waals surface area contributed by atoms with Crippen molar-refractivity contribution >= 4 is 17.2 Å². The predicted octanol–water partition coefficient (Wildman–Crippen LogP) is 1.95. The van der Waals surface area contributed by atoms with Crippen molar-refractivity contribution in [1.82, 2.24) is 9.88 Å². The zero-order chi connectivity index (χ0) is 15.5. The zero-order valence-corrected chi connectivity index (χ0v) is 13.2. The number of rotatable bonds is 2. The summed E-state index contributed by atoms with van der Waals surface area (Å²) in [7, 11) is 0. The van der Waals surface area contributed by atoms with Crippen LogP contribution in [0, 0.1) is 6.92 Å². The maximum Gasteiger partial charge on any atom is 0.266 e. The fourth-order valence-corrected chi connectivity index (χ4v) is 3.39. The minimum Gasteiger partial charge on any atom is -0.389 e. The van der Waals surface area contributed by atoms with Gasteiger partial charge in [-0.25, -0.2) is 4.98 Å². The number of carbonyl (C=O) groups is 1. The number of aromatic nitrogens is 1. The maximum absolute atomic E-state index is 12.8. The summed E-state index contributed by atoms with van der Waals surface area (Å²) in [5, 5.41) is 10.7. The van der Waals surface area contributed by atoms with Gasteiger partial charge in [0.25, 0.3) is 5.91 Å². The van der Waals surface area contributed by atoms with Crippen molar-refractivity contribution in [3.05, 3.63) is 40.2 Å². The number of benzene rings is 1. The molecule has 1 saturated heterocycles. The molecule has 0 saturated carbocycles. The first-order valence-electron chi connectivity index (χ1n) is 7.23. The first kappa shape index (κ1) is 15.1. The Balaban J connectivity index is 1.92. The largest absolute Gasteiger partial charge is 0.389 e. The van der Waals surface area contributed by atoms with Gasteiger partial charge in [0.15, 0.2) is 0 Å². The Kier molecular flexibility index (Phi) is 4.52. The molecule has 6 heteroatoms. The standard InChI is InChI=1S/C16H18N2O3S/c1-11-17-14(12-5-3-2-4-6-12)15(22-11)16(20)18-7-8-21-10-13(19)9-18/h2-6,13,19H,7-10H2,1H3/t13-/m1/s1. The van der Waals surface area contributed by atoms with E-state index in [0.29, 0.717) is 30.3 Å². The molecular formula is C16H18N2O3S. The molecule has 1 aliphatic rings. The number of amides is 1. The molecule has 116 valence electrons. The Morgan fingerprint density at radius 2 is 2.18 bits per heavy atom. The zero-order valence-electron chi connectivity index (χ0n) is 12.4. The van der Waals surface area contributed by atoms with Crippen molar-refractivity contribution in [3.8, 4) is 11.3 Å². The van der Waals surface area contributed by atoms with Gasteiger partial charge in [-0.05, 0) is 6.92 Å². The third kappa shape index (κ3) is 3.19. The molecule has 1 amide bonds. The molecule has 0 bridgehead atoms. The number of ether oxygens (including phenoxy) is 1. The van der Waals surface area contributed by atoms with Gasteiger partial charge in [0.05, 0.1) is 30.0 Å². The molecule has 3 rings (SSSR count). The van der Waals surface area contributed by atoms with E-state index in [1.165, 1.54) is 11.3 Å². The molecule has 0 radical (unpaired) electrons. The molecule has 1 aliphatic heterocycles. The summed E-state index contributed by atoms with van der Waals surface area (Å²) in [6.07, 6.45) is -0.638. The number of aryl methyl sites for hydroxylation is 1. The van der Waals surface area contributed by atoms with Crippen molar-refractivity contribution in [2.24, 2.45) is 0 Å². The Bertz CT molecular complexity index is 657. The van der Waals surface area contributed by atoms with Crippen LogP contribution in [-0.2, 0) is 4.74 Å². The predicted molar refractivity (Wildman–Crippen MR) is 85.0 cm³/mol. The van der Waals surface area contributed by atoms with Gasteiger partial charge in [-0.15, -0.1) is 11.3 Å². The molecule has 1 fully saturated rings. The number of hydrogen-bond donors (Lipinski definition) is 1. The van der Waals surface area contributed by atoms with Gasteiger partial charge in [0.2, 0.25) is 0 Å². The van der Waals surface area contributed by atoms with E-state index in [4.69, 9.17) is 4.74 Å². The van der Waals surface area contributed by atoms with Crippen molar-refractivity contribution < 1.29 is 14.6 Å². The number of hydrogen-bond acceptors (Lipinski definition) is 5. The fraction of sp³-hybridized carbons (Fsp3) is 0.375. The summed E-state index contributed by atoms with van der Waals surface area (Å²) in [5.74, 6) is -0.0889. The van der Waals surface area contributed by atoms with Crippen LogP contribution in [-0.4, -0.2) is 53.3 Å². The molecule has 2 heterocycles. The van der Waals surface area contributed by atoms with E-state index in [1.807, 2.05) is 37.3 Å². The lowest BCUT2D eigenvalue weighted by atomic mass is 10.1.